The van der Waals surface area contributed by atoms with Crippen LogP contribution in [0, 0.1) is 0 Å². The molecule has 15 nitrogen and oxygen atoms in total. The summed E-state index contributed by atoms with van der Waals surface area (Å²) in [5.41, 5.74) is 8.03. The molecule has 0 aliphatic carbocycles. The average molecular weight is 555 g/mol. The highest BCUT2D eigenvalue weighted by atomic mass is 32.2. The Hall–Kier alpha value is -3.19. The van der Waals surface area contributed by atoms with Crippen molar-refractivity contribution in [2.24, 2.45) is 10.1 Å². The molecule has 0 saturated carbocycles. The zero-order chi connectivity index (χ0) is 26.1. The number of amidine groups is 1. The normalized spacial score (nSPS) is 24.2. The minimum Gasteiger partial charge on any atom is -0.832 e. The van der Waals surface area contributed by atoms with Crippen molar-refractivity contribution in [3.05, 3.63) is 22.3 Å². The van der Waals surface area contributed by atoms with Gasteiger partial charge in [0.2, 0.25) is 5.91 Å². The number of fused-ring (bicyclic) bond motifs is 1. The number of thiazole rings is 1. The number of nitrogens with two attached hydrogens (primary N) is 1. The van der Waals surface area contributed by atoms with E-state index in [-0.39, 0.29) is 38.9 Å². The first kappa shape index (κ1) is 25.9. The van der Waals surface area contributed by atoms with Gasteiger partial charge in [-0.1, -0.05) is 16.9 Å². The minimum atomic E-state index is -1.71. The molecule has 4 rings (SSSR count). The topological polar surface area (TPSA) is 218 Å². The van der Waals surface area contributed by atoms with Crippen LogP contribution in [0.3, 0.4) is 0 Å². The highest BCUT2D eigenvalue weighted by Gasteiger charge is 2.53. The van der Waals surface area contributed by atoms with E-state index in [1.807, 2.05) is 0 Å². The van der Waals surface area contributed by atoms with Gasteiger partial charge in [0, 0.05) is 30.2 Å². The van der Waals surface area contributed by atoms with Gasteiger partial charge in [0.15, 0.2) is 16.0 Å². The number of aromatic nitrogens is 1. The number of nitrogens with zero attached hydrogens (tertiary/aromatic N) is 5. The van der Waals surface area contributed by atoms with E-state index in [4.69, 9.17) is 10.6 Å². The zero-order valence-electron chi connectivity index (χ0n) is 18.6. The molecule has 4 heterocycles. The zero-order valence-corrected chi connectivity index (χ0v) is 21.1. The highest BCUT2D eigenvalue weighted by molar-refractivity contribution is 8.14. The molecular formula is C18H18N8O7S3-2. The number of carbonyl (C=O) groups is 4. The number of carboxylic acid groups (broad SMARTS) is 1. The number of anilines is 1. The largest absolute Gasteiger partial charge is 0.832 e. The molecule has 0 aromatic carbocycles. The summed E-state index contributed by atoms with van der Waals surface area (Å²) in [5, 5.41) is 32.1. The van der Waals surface area contributed by atoms with Crippen molar-refractivity contribution in [3.8, 4) is 0 Å². The molecule has 192 valence electrons. The Morgan fingerprint density at radius 1 is 1.44 bits per heavy atom. The van der Waals surface area contributed by atoms with Gasteiger partial charge in [0.25, 0.3) is 11.8 Å². The lowest BCUT2D eigenvalue weighted by Crippen LogP contribution is -2.71. The van der Waals surface area contributed by atoms with Crippen LogP contribution in [0.4, 0.5) is 5.13 Å². The summed E-state index contributed by atoms with van der Waals surface area (Å²) in [6, 6.07) is -1.02. The van der Waals surface area contributed by atoms with Crippen LogP contribution in [0.25, 0.3) is 0 Å². The third-order valence-corrected chi connectivity index (χ3v) is 8.22. The molecule has 1 fully saturated rings. The number of carbonyl (C=O) groups excluding carboxylic acids is 4. The lowest BCUT2D eigenvalue weighted by atomic mass is 10.0. The first-order valence-corrected chi connectivity index (χ1v) is 13.0. The number of amides is 3. The third kappa shape index (κ3) is 4.89. The van der Waals surface area contributed by atoms with Crippen LogP contribution in [0.15, 0.2) is 26.8 Å². The molecule has 1 unspecified atom stereocenters. The molecule has 0 radical (unpaired) electrons. The average Bonchev–Trinajstić information content (AvgIpc) is 3.27. The summed E-state index contributed by atoms with van der Waals surface area (Å²) in [7, 11) is 2.74. The van der Waals surface area contributed by atoms with Crippen LogP contribution in [0.1, 0.15) is 5.69 Å². The van der Waals surface area contributed by atoms with Gasteiger partial charge in [-0.25, -0.2) is 10.4 Å². The Kier molecular flexibility index (Phi) is 7.50. The van der Waals surface area contributed by atoms with Gasteiger partial charge in [-0.15, -0.1) is 23.1 Å². The number of hydrogen-bond donors (Lipinski definition) is 3. The summed E-state index contributed by atoms with van der Waals surface area (Å²) in [5.74, 6) is -3.55. The molecule has 36 heavy (non-hydrogen) atoms. The number of aliphatic imine (C=N–C) groups is 1. The molecule has 3 amide bonds. The maximum Gasteiger partial charge on any atom is 0.276 e. The van der Waals surface area contributed by atoms with Gasteiger partial charge >= 0.3 is 0 Å². The summed E-state index contributed by atoms with van der Waals surface area (Å²) in [6.07, 6.45) is -1.71. The van der Waals surface area contributed by atoms with Crippen molar-refractivity contribution in [1.29, 1.82) is 0 Å². The second-order valence-corrected chi connectivity index (χ2v) is 10.3. The minimum absolute atomic E-state index is 0.0708. The molecular weight excluding hydrogens is 536 g/mol. The molecule has 4 N–H and O–H groups in total. The number of hydrogen-bond acceptors (Lipinski definition) is 15. The first-order chi connectivity index (χ1) is 17.1. The van der Waals surface area contributed by atoms with Crippen molar-refractivity contribution >= 4 is 74.6 Å². The molecule has 1 aromatic heterocycles. The van der Waals surface area contributed by atoms with E-state index in [9.17, 15) is 29.4 Å². The summed E-state index contributed by atoms with van der Waals surface area (Å²) >= 11 is 3.37. The van der Waals surface area contributed by atoms with Crippen LogP contribution in [0.5, 0.6) is 0 Å². The quantitative estimate of drug-likeness (QED) is 0.168. The van der Waals surface area contributed by atoms with Crippen LogP contribution in [-0.2, 0) is 24.0 Å². The fourth-order valence-electron chi connectivity index (χ4n) is 3.48. The van der Waals surface area contributed by atoms with Crippen molar-refractivity contribution in [3.63, 3.8) is 0 Å². The smallest absolute Gasteiger partial charge is 0.276 e. The van der Waals surface area contributed by atoms with E-state index in [2.05, 4.69) is 25.9 Å². The number of thioether (sulfide) groups is 2. The molecule has 3 aliphatic rings. The van der Waals surface area contributed by atoms with E-state index >= 15 is 0 Å². The van der Waals surface area contributed by atoms with Crippen LogP contribution < -0.4 is 26.7 Å². The monoisotopic (exact) mass is 554 g/mol. The Morgan fingerprint density at radius 3 is 2.83 bits per heavy atom. The third-order valence-electron chi connectivity index (χ3n) is 5.09. The molecule has 3 atom stereocenters. The van der Waals surface area contributed by atoms with Gasteiger partial charge in [0.05, 0.1) is 11.7 Å². The van der Waals surface area contributed by atoms with E-state index in [0.29, 0.717) is 5.57 Å². The highest BCUT2D eigenvalue weighted by Crippen LogP contribution is 2.41. The summed E-state index contributed by atoms with van der Waals surface area (Å²) < 4.78 is 0. The van der Waals surface area contributed by atoms with Crippen molar-refractivity contribution < 1.29 is 34.2 Å². The van der Waals surface area contributed by atoms with Crippen LogP contribution >= 0.6 is 34.9 Å². The van der Waals surface area contributed by atoms with Gasteiger partial charge in [-0.05, 0) is 5.57 Å². The molecule has 1 aromatic rings. The molecule has 1 saturated heterocycles. The number of β-lactam (4-membered cyclic amide) rings is 1. The SMILES string of the molecule is CO/N=C(\C(=O)N[C@@H]1C(=O)N2C(C(=O)[O-])=C(CSC3=NC(=O)C([O-])NN3C)CS[C@H]12)c1csc(N)n1. The molecule has 18 heteroatoms. The number of nitrogens with one attached hydrogen (secondary N) is 2. The van der Waals surface area contributed by atoms with Gasteiger partial charge in [-0.3, -0.25) is 24.3 Å². The Labute approximate surface area is 215 Å². The molecule has 3 aliphatic heterocycles. The number of hydrazine groups is 1. The number of rotatable bonds is 7. The second-order valence-electron chi connectivity index (χ2n) is 7.38. The van der Waals surface area contributed by atoms with E-state index < -0.39 is 41.3 Å². The van der Waals surface area contributed by atoms with E-state index in [1.54, 1.807) is 0 Å². The number of aliphatic carboxylic acids is 1. The lowest BCUT2D eigenvalue weighted by Gasteiger charge is -2.50. The van der Waals surface area contributed by atoms with Gasteiger partial charge in [0.1, 0.15) is 24.2 Å². The maximum atomic E-state index is 12.9. The predicted molar refractivity (Wildman–Crippen MR) is 127 cm³/mol. The standard InChI is InChI=1S/C18H19N8O7S3/c1-25-18(22-12(28)13(29)23-25)36-4-6-3-34-15-9(14(30)26(15)10(6)16(31)32)21-11(27)8(24-33-2)7-5-35-17(19)20-7/h5,9,13,15,23H,3-4H2,1-2H3,(H2,19,20)(H,21,27)(H,31,32)/q-1/p-1/b24-8-/t9-,13?,15-/m1/s1. The Bertz CT molecular complexity index is 1210. The van der Waals surface area contributed by atoms with Crippen LogP contribution in [0.2, 0.25) is 0 Å². The molecule has 0 bridgehead atoms. The number of carboxylic acids is 1. The summed E-state index contributed by atoms with van der Waals surface area (Å²) in [4.78, 5) is 62.7. The van der Waals surface area contributed by atoms with Gasteiger partial charge in [-0.2, -0.15) is 4.99 Å². The van der Waals surface area contributed by atoms with E-state index in [1.165, 1.54) is 36.3 Å². The van der Waals surface area contributed by atoms with Crippen molar-refractivity contribution in [2.45, 2.75) is 17.6 Å². The molecule has 0 spiro atoms. The number of nitrogen functional groups attached to an aromatic ring is 1. The predicted octanol–water partition coefficient (Wildman–Crippen LogP) is -3.77. The Morgan fingerprint density at radius 2 is 2.19 bits per heavy atom. The second kappa shape index (κ2) is 10.4. The Balaban J connectivity index is 1.48. The number of oxime groups is 1. The fraction of sp³-hybridized carbons (Fsp3) is 0.389. The summed E-state index contributed by atoms with van der Waals surface area (Å²) in [6.45, 7) is 0. The van der Waals surface area contributed by atoms with Gasteiger partial charge < -0.3 is 30.9 Å². The maximum absolute atomic E-state index is 12.9. The fourth-order valence-corrected chi connectivity index (χ4v) is 6.45. The van der Waals surface area contributed by atoms with Crippen molar-refractivity contribution in [2.75, 3.05) is 31.4 Å². The van der Waals surface area contributed by atoms with E-state index in [0.717, 1.165) is 28.0 Å². The first-order valence-electron chi connectivity index (χ1n) is 10.0. The van der Waals surface area contributed by atoms with Crippen molar-refractivity contribution in [1.82, 2.24) is 25.6 Å². The van der Waals surface area contributed by atoms with Crippen LogP contribution in [-0.4, -0.2) is 92.8 Å². The lowest BCUT2D eigenvalue weighted by molar-refractivity contribution is -0.418.